The van der Waals surface area contributed by atoms with Crippen molar-refractivity contribution in [2.24, 2.45) is 0 Å². The summed E-state index contributed by atoms with van der Waals surface area (Å²) in [7, 11) is -1.75. The van der Waals surface area contributed by atoms with Crippen LogP contribution in [0.3, 0.4) is 0 Å². The third-order valence-corrected chi connectivity index (χ3v) is 3.47. The molecule has 1 N–H and O–H groups in total. The first kappa shape index (κ1) is 17.1. The normalized spacial score (nSPS) is 12.7. The molecular weight excluding hydrogens is 313 g/mol. The van der Waals surface area contributed by atoms with Crippen molar-refractivity contribution < 1.29 is 27.1 Å². The molecule has 0 spiro atoms. The van der Waals surface area contributed by atoms with Crippen LogP contribution in [0.25, 0.3) is 0 Å². The summed E-state index contributed by atoms with van der Waals surface area (Å²) in [4.78, 5) is 21.1. The number of carbonyl (C=O) groups is 1. The highest BCUT2D eigenvalue weighted by molar-refractivity contribution is 7.84. The Hall–Kier alpha value is -1.97. The molecule has 1 atom stereocenters. The zero-order chi connectivity index (χ0) is 16.0. The number of alkyl halides is 3. The summed E-state index contributed by atoms with van der Waals surface area (Å²) in [6.07, 6.45) is -4.53. The van der Waals surface area contributed by atoms with E-state index in [1.807, 2.05) is 0 Å². The van der Waals surface area contributed by atoms with Crippen LogP contribution in [0, 0.1) is 10.1 Å². The summed E-state index contributed by atoms with van der Waals surface area (Å²) in [5.41, 5.74) is 0.178. The Kier molecular flexibility index (Phi) is 5.82. The van der Waals surface area contributed by atoms with Crippen LogP contribution in [0.5, 0.6) is 0 Å². The second-order valence-corrected chi connectivity index (χ2v) is 5.50. The topological polar surface area (TPSA) is 89.3 Å². The molecule has 1 amide bonds. The van der Waals surface area contributed by atoms with E-state index in [-0.39, 0.29) is 11.4 Å². The van der Waals surface area contributed by atoms with E-state index in [4.69, 9.17) is 0 Å². The monoisotopic (exact) mass is 324 g/mol. The largest absolute Gasteiger partial charge is 0.405 e. The quantitative estimate of drug-likeness (QED) is 0.635. The molecule has 0 radical (unpaired) electrons. The maximum Gasteiger partial charge on any atom is 0.405 e. The van der Waals surface area contributed by atoms with E-state index in [1.165, 1.54) is 24.3 Å². The van der Waals surface area contributed by atoms with Crippen LogP contribution in [0.15, 0.2) is 24.3 Å². The molecule has 0 aliphatic heterocycles. The SMILES string of the molecule is O=C(C[S@@](=O)Cc1cccc([N+](=O)[O-])c1)NCC(F)(F)F. The van der Waals surface area contributed by atoms with E-state index < -0.39 is 40.1 Å². The Morgan fingerprint density at radius 3 is 2.62 bits per heavy atom. The molecule has 0 aromatic heterocycles. The zero-order valence-electron chi connectivity index (χ0n) is 10.6. The smallest absolute Gasteiger partial charge is 0.346 e. The maximum absolute atomic E-state index is 11.9. The number of nitrogens with zero attached hydrogens (tertiary/aromatic N) is 1. The molecular formula is C11H11F3N2O4S. The fourth-order valence-corrected chi connectivity index (χ4v) is 2.44. The molecule has 116 valence electrons. The summed E-state index contributed by atoms with van der Waals surface area (Å²) in [5, 5.41) is 12.2. The number of rotatable bonds is 6. The maximum atomic E-state index is 11.9. The Morgan fingerprint density at radius 1 is 1.38 bits per heavy atom. The van der Waals surface area contributed by atoms with Crippen molar-refractivity contribution >= 4 is 22.4 Å². The van der Waals surface area contributed by atoms with E-state index in [2.05, 4.69) is 0 Å². The molecule has 21 heavy (non-hydrogen) atoms. The Labute approximate surface area is 119 Å². The van der Waals surface area contributed by atoms with Gasteiger partial charge in [-0.3, -0.25) is 19.1 Å². The first-order valence-electron chi connectivity index (χ1n) is 5.59. The fraction of sp³-hybridized carbons (Fsp3) is 0.364. The molecule has 1 aromatic carbocycles. The van der Waals surface area contributed by atoms with E-state index in [0.29, 0.717) is 5.56 Å². The lowest BCUT2D eigenvalue weighted by atomic mass is 10.2. The number of nitrogens with one attached hydrogen (secondary N) is 1. The second-order valence-electron chi connectivity index (χ2n) is 4.05. The van der Waals surface area contributed by atoms with Crippen molar-refractivity contribution in [1.82, 2.24) is 5.32 Å². The fourth-order valence-electron chi connectivity index (χ4n) is 1.39. The van der Waals surface area contributed by atoms with Crippen LogP contribution in [0.4, 0.5) is 18.9 Å². The summed E-state index contributed by atoms with van der Waals surface area (Å²) in [6.45, 7) is -1.49. The van der Waals surface area contributed by atoms with Gasteiger partial charge in [0, 0.05) is 28.7 Å². The number of hydrogen-bond donors (Lipinski definition) is 1. The summed E-state index contributed by atoms with van der Waals surface area (Å²) in [5.74, 6) is -1.74. The highest BCUT2D eigenvalue weighted by atomic mass is 32.2. The van der Waals surface area contributed by atoms with Crippen LogP contribution < -0.4 is 5.32 Å². The van der Waals surface area contributed by atoms with Crippen LogP contribution in [0.2, 0.25) is 0 Å². The number of amides is 1. The third kappa shape index (κ3) is 6.84. The van der Waals surface area contributed by atoms with Gasteiger partial charge >= 0.3 is 6.18 Å². The lowest BCUT2D eigenvalue weighted by molar-refractivity contribution is -0.384. The first-order valence-corrected chi connectivity index (χ1v) is 7.08. The van der Waals surface area contributed by atoms with E-state index in [0.717, 1.165) is 0 Å². The Balaban J connectivity index is 2.52. The predicted octanol–water partition coefficient (Wildman–Crippen LogP) is 1.52. The molecule has 0 aliphatic carbocycles. The highest BCUT2D eigenvalue weighted by Crippen LogP contribution is 2.15. The molecule has 0 fully saturated rings. The summed E-state index contributed by atoms with van der Waals surface area (Å²) >= 11 is 0. The lowest BCUT2D eigenvalue weighted by Gasteiger charge is -2.08. The molecule has 1 rings (SSSR count). The van der Waals surface area contributed by atoms with Gasteiger partial charge in [-0.1, -0.05) is 12.1 Å². The van der Waals surface area contributed by atoms with Crippen molar-refractivity contribution in [2.45, 2.75) is 11.9 Å². The van der Waals surface area contributed by atoms with Gasteiger partial charge in [0.1, 0.15) is 12.3 Å². The standard InChI is InChI=1S/C11H11F3N2O4S/c12-11(13,14)7-15-10(17)6-21(20)5-8-2-1-3-9(4-8)16(18)19/h1-4H,5-7H2,(H,15,17)/t21-/m0/s1. The minimum Gasteiger partial charge on any atom is -0.346 e. The number of non-ortho nitro benzene ring substituents is 1. The van der Waals surface area contributed by atoms with Crippen molar-refractivity contribution in [3.63, 3.8) is 0 Å². The summed E-state index contributed by atoms with van der Waals surface area (Å²) < 4.78 is 47.2. The van der Waals surface area contributed by atoms with Gasteiger partial charge in [-0.2, -0.15) is 13.2 Å². The molecule has 0 heterocycles. The van der Waals surface area contributed by atoms with Gasteiger partial charge in [0.05, 0.1) is 4.92 Å². The molecule has 0 bridgehead atoms. The Bertz CT molecular complexity index is 563. The average molecular weight is 324 g/mol. The van der Waals surface area contributed by atoms with E-state index >= 15 is 0 Å². The lowest BCUT2D eigenvalue weighted by Crippen LogP contribution is -2.36. The van der Waals surface area contributed by atoms with Gasteiger partial charge in [0.15, 0.2) is 0 Å². The van der Waals surface area contributed by atoms with Gasteiger partial charge in [-0.25, -0.2) is 0 Å². The van der Waals surface area contributed by atoms with Gasteiger partial charge in [-0.15, -0.1) is 0 Å². The van der Waals surface area contributed by atoms with Crippen molar-refractivity contribution in [3.05, 3.63) is 39.9 Å². The van der Waals surface area contributed by atoms with Gasteiger partial charge in [0.2, 0.25) is 5.91 Å². The van der Waals surface area contributed by atoms with Crippen molar-refractivity contribution in [3.8, 4) is 0 Å². The number of nitro groups is 1. The van der Waals surface area contributed by atoms with Crippen LogP contribution in [-0.4, -0.2) is 33.5 Å². The number of carbonyl (C=O) groups excluding carboxylic acids is 1. The Morgan fingerprint density at radius 2 is 2.05 bits per heavy atom. The third-order valence-electron chi connectivity index (χ3n) is 2.23. The van der Waals surface area contributed by atoms with Gasteiger partial charge < -0.3 is 5.32 Å². The van der Waals surface area contributed by atoms with Gasteiger partial charge in [0.25, 0.3) is 5.69 Å². The molecule has 0 aliphatic rings. The van der Waals surface area contributed by atoms with Crippen LogP contribution in [0.1, 0.15) is 5.56 Å². The number of benzene rings is 1. The van der Waals surface area contributed by atoms with Crippen molar-refractivity contribution in [1.29, 1.82) is 0 Å². The van der Waals surface area contributed by atoms with Crippen molar-refractivity contribution in [2.75, 3.05) is 12.3 Å². The number of halogens is 3. The molecule has 0 unspecified atom stereocenters. The number of hydrogen-bond acceptors (Lipinski definition) is 4. The van der Waals surface area contributed by atoms with Gasteiger partial charge in [-0.05, 0) is 5.56 Å². The zero-order valence-corrected chi connectivity index (χ0v) is 11.4. The first-order chi connectivity index (χ1) is 9.67. The minimum absolute atomic E-state index is 0.152. The van der Waals surface area contributed by atoms with E-state index in [9.17, 15) is 32.3 Å². The highest BCUT2D eigenvalue weighted by Gasteiger charge is 2.27. The summed E-state index contributed by atoms with van der Waals surface area (Å²) in [6, 6.07) is 5.33. The number of nitro benzene ring substituents is 1. The van der Waals surface area contributed by atoms with Crippen LogP contribution in [-0.2, 0) is 21.3 Å². The average Bonchev–Trinajstić information content (AvgIpc) is 2.35. The minimum atomic E-state index is -4.53. The van der Waals surface area contributed by atoms with E-state index in [1.54, 1.807) is 5.32 Å². The molecule has 10 heteroatoms. The molecule has 0 saturated carbocycles. The molecule has 1 aromatic rings. The second kappa shape index (κ2) is 7.16. The molecule has 6 nitrogen and oxygen atoms in total. The molecule has 0 saturated heterocycles. The van der Waals surface area contributed by atoms with Crippen LogP contribution >= 0.6 is 0 Å². The predicted molar refractivity (Wildman–Crippen MR) is 68.9 cm³/mol.